The number of anilines is 1. The zero-order valence-electron chi connectivity index (χ0n) is 11.8. The minimum absolute atomic E-state index is 0.534. The highest BCUT2D eigenvalue weighted by Gasteiger charge is 2.07. The van der Waals surface area contributed by atoms with Gasteiger partial charge in [-0.1, -0.05) is 11.6 Å². The first kappa shape index (κ1) is 15.0. The van der Waals surface area contributed by atoms with Crippen molar-refractivity contribution in [3.8, 4) is 17.6 Å². The van der Waals surface area contributed by atoms with Crippen LogP contribution in [0, 0.1) is 11.3 Å². The molecule has 0 unspecified atom stereocenters. The molecule has 0 aliphatic rings. The molecule has 0 saturated heterocycles. The van der Waals surface area contributed by atoms with Crippen molar-refractivity contribution in [2.45, 2.75) is 6.54 Å². The van der Waals surface area contributed by atoms with Crippen molar-refractivity contribution in [2.24, 2.45) is 0 Å². The second-order valence-electron chi connectivity index (χ2n) is 4.34. The van der Waals surface area contributed by atoms with Gasteiger partial charge in [0, 0.05) is 23.2 Å². The van der Waals surface area contributed by atoms with Crippen LogP contribution in [0.1, 0.15) is 11.1 Å². The Balaban J connectivity index is 2.20. The summed E-state index contributed by atoms with van der Waals surface area (Å²) < 4.78 is 10.6. The summed E-state index contributed by atoms with van der Waals surface area (Å²) in [6.45, 7) is 0.534. The third-order valence-electron chi connectivity index (χ3n) is 3.04. The van der Waals surface area contributed by atoms with Crippen molar-refractivity contribution < 1.29 is 9.47 Å². The molecule has 0 spiro atoms. The summed E-state index contributed by atoms with van der Waals surface area (Å²) in [5, 5.41) is 12.8. The number of ether oxygens (including phenoxy) is 2. The molecule has 0 aliphatic heterocycles. The lowest BCUT2D eigenvalue weighted by molar-refractivity contribution is 0.409. The van der Waals surface area contributed by atoms with Gasteiger partial charge in [0.05, 0.1) is 31.5 Å². The van der Waals surface area contributed by atoms with Crippen LogP contribution in [0.25, 0.3) is 0 Å². The predicted octanol–water partition coefficient (Wildman–Crippen LogP) is 3.84. The first-order chi connectivity index (χ1) is 10.2. The first-order valence-electron chi connectivity index (χ1n) is 6.32. The summed E-state index contributed by atoms with van der Waals surface area (Å²) in [6, 6.07) is 12.8. The third-order valence-corrected chi connectivity index (χ3v) is 3.28. The van der Waals surface area contributed by atoms with Crippen LogP contribution in [-0.2, 0) is 6.54 Å². The second kappa shape index (κ2) is 6.87. The Morgan fingerprint density at radius 1 is 1.10 bits per heavy atom. The molecule has 1 N–H and O–H groups in total. The number of hydrogen-bond acceptors (Lipinski definition) is 4. The number of benzene rings is 2. The Morgan fingerprint density at radius 3 is 2.52 bits per heavy atom. The van der Waals surface area contributed by atoms with Gasteiger partial charge in [0.15, 0.2) is 0 Å². The third kappa shape index (κ3) is 3.59. The zero-order chi connectivity index (χ0) is 15.2. The number of nitrogens with one attached hydrogen (secondary N) is 1. The van der Waals surface area contributed by atoms with Crippen LogP contribution >= 0.6 is 11.6 Å². The van der Waals surface area contributed by atoms with E-state index in [1.54, 1.807) is 32.4 Å². The summed E-state index contributed by atoms with van der Waals surface area (Å²) >= 11 is 6.01. The Kier molecular flexibility index (Phi) is 4.91. The monoisotopic (exact) mass is 302 g/mol. The molecule has 0 atom stereocenters. The molecule has 108 valence electrons. The Hall–Kier alpha value is -2.38. The van der Waals surface area contributed by atoms with Gasteiger partial charge in [0.1, 0.15) is 11.5 Å². The Morgan fingerprint density at radius 2 is 1.86 bits per heavy atom. The summed E-state index contributed by atoms with van der Waals surface area (Å²) in [7, 11) is 3.19. The van der Waals surface area contributed by atoms with Gasteiger partial charge in [-0.2, -0.15) is 5.26 Å². The maximum atomic E-state index is 8.90. The van der Waals surface area contributed by atoms with Gasteiger partial charge in [0.25, 0.3) is 0 Å². The smallest absolute Gasteiger partial charge is 0.143 e. The highest BCUT2D eigenvalue weighted by molar-refractivity contribution is 6.30. The molecule has 5 heteroatoms. The average molecular weight is 303 g/mol. The molecule has 21 heavy (non-hydrogen) atoms. The van der Waals surface area contributed by atoms with Gasteiger partial charge >= 0.3 is 0 Å². The molecule has 0 fully saturated rings. The van der Waals surface area contributed by atoms with Gasteiger partial charge in [0.2, 0.25) is 0 Å². The van der Waals surface area contributed by atoms with Crippen LogP contribution in [0.3, 0.4) is 0 Å². The van der Waals surface area contributed by atoms with Gasteiger partial charge in [-0.15, -0.1) is 0 Å². The fourth-order valence-corrected chi connectivity index (χ4v) is 2.18. The van der Waals surface area contributed by atoms with E-state index in [2.05, 4.69) is 11.4 Å². The van der Waals surface area contributed by atoms with Gasteiger partial charge in [-0.25, -0.2) is 0 Å². The Bertz CT molecular complexity index is 680. The van der Waals surface area contributed by atoms with Crippen LogP contribution in [0.5, 0.6) is 11.5 Å². The SMILES string of the molecule is COc1ccc(Cl)cc1CNc1ccc(C#N)cc1OC. The van der Waals surface area contributed by atoms with Gasteiger partial charge < -0.3 is 14.8 Å². The molecule has 0 bridgehead atoms. The molecule has 2 aromatic carbocycles. The predicted molar refractivity (Wildman–Crippen MR) is 83.0 cm³/mol. The topological polar surface area (TPSA) is 54.3 Å². The minimum atomic E-state index is 0.534. The molecular formula is C16H15ClN2O2. The van der Waals surface area contributed by atoms with E-state index in [0.717, 1.165) is 17.0 Å². The standard InChI is InChI=1S/C16H15ClN2O2/c1-20-15-6-4-13(17)8-12(15)10-19-14-5-3-11(9-18)7-16(14)21-2/h3-8,19H,10H2,1-2H3. The van der Waals surface area contributed by atoms with E-state index in [9.17, 15) is 0 Å². The van der Waals surface area contributed by atoms with E-state index in [4.69, 9.17) is 26.3 Å². The number of halogens is 1. The maximum absolute atomic E-state index is 8.90. The van der Waals surface area contributed by atoms with Crippen molar-refractivity contribution in [1.82, 2.24) is 0 Å². The maximum Gasteiger partial charge on any atom is 0.143 e. The summed E-state index contributed by atoms with van der Waals surface area (Å²) in [5.41, 5.74) is 2.30. The second-order valence-corrected chi connectivity index (χ2v) is 4.77. The molecule has 0 amide bonds. The fraction of sp³-hybridized carbons (Fsp3) is 0.188. The van der Waals surface area contributed by atoms with Crippen LogP contribution in [-0.4, -0.2) is 14.2 Å². The molecule has 0 radical (unpaired) electrons. The normalized spacial score (nSPS) is 9.81. The van der Waals surface area contributed by atoms with Crippen molar-refractivity contribution >= 4 is 17.3 Å². The lowest BCUT2D eigenvalue weighted by atomic mass is 10.1. The van der Waals surface area contributed by atoms with Crippen LogP contribution in [0.4, 0.5) is 5.69 Å². The lowest BCUT2D eigenvalue weighted by Gasteiger charge is -2.13. The van der Waals surface area contributed by atoms with E-state index in [0.29, 0.717) is 22.9 Å². The summed E-state index contributed by atoms with van der Waals surface area (Å²) in [6.07, 6.45) is 0. The molecule has 0 aliphatic carbocycles. The van der Waals surface area contributed by atoms with E-state index in [1.165, 1.54) is 0 Å². The molecule has 0 heterocycles. The molecule has 4 nitrogen and oxygen atoms in total. The van der Waals surface area contributed by atoms with Crippen LogP contribution in [0.15, 0.2) is 36.4 Å². The van der Waals surface area contributed by atoms with Crippen molar-refractivity contribution in [3.05, 3.63) is 52.5 Å². The minimum Gasteiger partial charge on any atom is -0.496 e. The quantitative estimate of drug-likeness (QED) is 0.911. The Labute approximate surface area is 128 Å². The number of nitriles is 1. The molecule has 2 rings (SSSR count). The summed E-state index contributed by atoms with van der Waals surface area (Å²) in [5.74, 6) is 1.38. The van der Waals surface area contributed by atoms with Crippen molar-refractivity contribution in [3.63, 3.8) is 0 Å². The number of nitrogens with zero attached hydrogens (tertiary/aromatic N) is 1. The number of methoxy groups -OCH3 is 2. The number of hydrogen-bond donors (Lipinski definition) is 1. The van der Waals surface area contributed by atoms with Gasteiger partial charge in [-0.05, 0) is 30.3 Å². The number of rotatable bonds is 5. The van der Waals surface area contributed by atoms with E-state index in [1.807, 2.05) is 18.2 Å². The molecular weight excluding hydrogens is 288 g/mol. The van der Waals surface area contributed by atoms with E-state index < -0.39 is 0 Å². The molecule has 2 aromatic rings. The summed E-state index contributed by atoms with van der Waals surface area (Å²) in [4.78, 5) is 0. The molecule has 0 aromatic heterocycles. The lowest BCUT2D eigenvalue weighted by Crippen LogP contribution is -2.03. The highest BCUT2D eigenvalue weighted by atomic mass is 35.5. The highest BCUT2D eigenvalue weighted by Crippen LogP contribution is 2.28. The molecule has 0 saturated carbocycles. The van der Waals surface area contributed by atoms with Gasteiger partial charge in [-0.3, -0.25) is 0 Å². The first-order valence-corrected chi connectivity index (χ1v) is 6.70. The van der Waals surface area contributed by atoms with E-state index in [-0.39, 0.29) is 0 Å². The largest absolute Gasteiger partial charge is 0.496 e. The van der Waals surface area contributed by atoms with Crippen molar-refractivity contribution in [2.75, 3.05) is 19.5 Å². The van der Waals surface area contributed by atoms with E-state index >= 15 is 0 Å². The van der Waals surface area contributed by atoms with Crippen LogP contribution in [0.2, 0.25) is 5.02 Å². The fourth-order valence-electron chi connectivity index (χ4n) is 1.98. The van der Waals surface area contributed by atoms with Crippen molar-refractivity contribution in [1.29, 1.82) is 5.26 Å². The van der Waals surface area contributed by atoms with Crippen LogP contribution < -0.4 is 14.8 Å². The zero-order valence-corrected chi connectivity index (χ0v) is 12.6. The average Bonchev–Trinajstić information content (AvgIpc) is 2.52.